The summed E-state index contributed by atoms with van der Waals surface area (Å²) >= 11 is 0. The Balaban J connectivity index is 5.40. The van der Waals surface area contributed by atoms with Crippen molar-refractivity contribution in [2.24, 2.45) is 17.8 Å². The first kappa shape index (κ1) is 17.9. The molecule has 0 fully saturated rings. The van der Waals surface area contributed by atoms with Crippen LogP contribution in [0.4, 0.5) is 0 Å². The van der Waals surface area contributed by atoms with Crippen molar-refractivity contribution in [1.82, 2.24) is 0 Å². The maximum absolute atomic E-state index is 11.2. The molecule has 0 rings (SSSR count). The van der Waals surface area contributed by atoms with Crippen LogP contribution in [-0.4, -0.2) is 44.3 Å². The van der Waals surface area contributed by atoms with Crippen LogP contribution in [0.25, 0.3) is 0 Å². The van der Waals surface area contributed by atoms with E-state index in [1.807, 2.05) is 0 Å². The highest BCUT2D eigenvalue weighted by Crippen LogP contribution is 2.31. The predicted molar refractivity (Wildman–Crippen MR) is 65.2 cm³/mol. The first-order valence-electron chi connectivity index (χ1n) is 6.09. The Bertz CT molecular complexity index is 355. The summed E-state index contributed by atoms with van der Waals surface area (Å²) in [5.74, 6) is -9.47. The van der Waals surface area contributed by atoms with Gasteiger partial charge in [0.25, 0.3) is 0 Å². The van der Waals surface area contributed by atoms with Gasteiger partial charge >= 0.3 is 23.9 Å². The van der Waals surface area contributed by atoms with Crippen molar-refractivity contribution >= 4 is 23.9 Å². The van der Waals surface area contributed by atoms with Crippen molar-refractivity contribution < 1.29 is 39.6 Å². The molecule has 2 atom stereocenters. The fraction of sp³-hybridized carbons (Fsp3) is 0.667. The molecule has 114 valence electrons. The van der Waals surface area contributed by atoms with Gasteiger partial charge in [0.05, 0.1) is 24.7 Å². The summed E-state index contributed by atoms with van der Waals surface area (Å²) in [5, 5.41) is 35.6. The van der Waals surface area contributed by atoms with Gasteiger partial charge in [0.2, 0.25) is 0 Å². The quantitative estimate of drug-likeness (QED) is 0.460. The van der Waals surface area contributed by atoms with E-state index in [1.165, 1.54) is 0 Å². The number of carboxylic acids is 4. The molecule has 0 saturated heterocycles. The zero-order valence-corrected chi connectivity index (χ0v) is 11.0. The Labute approximate surface area is 115 Å². The minimum atomic E-state index is -1.43. The molecule has 2 unspecified atom stereocenters. The van der Waals surface area contributed by atoms with Crippen molar-refractivity contribution in [1.29, 1.82) is 0 Å². The average molecular weight is 290 g/mol. The van der Waals surface area contributed by atoms with Crippen LogP contribution in [-0.2, 0) is 19.2 Å². The van der Waals surface area contributed by atoms with Crippen LogP contribution in [0.1, 0.15) is 32.6 Å². The van der Waals surface area contributed by atoms with Gasteiger partial charge in [-0.1, -0.05) is 13.3 Å². The SMILES string of the molecule is CCCC(C(CC(=O)O)C(=O)O)C(CC(=O)O)C(=O)O. The second kappa shape index (κ2) is 8.13. The first-order chi connectivity index (χ1) is 9.20. The molecule has 0 aromatic heterocycles. The van der Waals surface area contributed by atoms with Crippen LogP contribution in [0.15, 0.2) is 0 Å². The molecular weight excluding hydrogens is 272 g/mol. The molecule has 4 N–H and O–H groups in total. The Hall–Kier alpha value is -2.12. The van der Waals surface area contributed by atoms with Crippen LogP contribution in [0.5, 0.6) is 0 Å². The molecule has 0 aliphatic carbocycles. The second-order valence-electron chi connectivity index (χ2n) is 4.54. The minimum Gasteiger partial charge on any atom is -0.481 e. The number of hydrogen-bond acceptors (Lipinski definition) is 4. The van der Waals surface area contributed by atoms with Gasteiger partial charge in [0, 0.05) is 0 Å². The summed E-state index contributed by atoms with van der Waals surface area (Å²) in [4.78, 5) is 43.7. The smallest absolute Gasteiger partial charge is 0.307 e. The lowest BCUT2D eigenvalue weighted by molar-refractivity contribution is -0.157. The zero-order valence-electron chi connectivity index (χ0n) is 11.0. The summed E-state index contributed by atoms with van der Waals surface area (Å²) in [5.41, 5.74) is 0. The van der Waals surface area contributed by atoms with Crippen LogP contribution >= 0.6 is 0 Å². The molecule has 0 spiro atoms. The van der Waals surface area contributed by atoms with Gasteiger partial charge in [-0.3, -0.25) is 19.2 Å². The molecule has 0 heterocycles. The van der Waals surface area contributed by atoms with Crippen molar-refractivity contribution in [3.8, 4) is 0 Å². The lowest BCUT2D eigenvalue weighted by Crippen LogP contribution is -2.36. The van der Waals surface area contributed by atoms with Gasteiger partial charge in [-0.15, -0.1) is 0 Å². The highest BCUT2D eigenvalue weighted by Gasteiger charge is 2.39. The van der Waals surface area contributed by atoms with Crippen LogP contribution in [0.3, 0.4) is 0 Å². The van der Waals surface area contributed by atoms with E-state index in [1.54, 1.807) is 6.92 Å². The number of rotatable bonds is 10. The molecule has 0 bridgehead atoms. The molecule has 0 aliphatic rings. The molecular formula is C12H18O8. The molecule has 8 nitrogen and oxygen atoms in total. The monoisotopic (exact) mass is 290 g/mol. The normalized spacial score (nSPS) is 15.1. The third-order valence-electron chi connectivity index (χ3n) is 3.08. The van der Waals surface area contributed by atoms with Gasteiger partial charge < -0.3 is 20.4 Å². The number of aliphatic carboxylic acids is 4. The molecule has 0 aliphatic heterocycles. The molecule has 0 aromatic carbocycles. The van der Waals surface area contributed by atoms with Crippen LogP contribution in [0, 0.1) is 17.8 Å². The number of carbonyl (C=O) groups is 4. The van der Waals surface area contributed by atoms with Gasteiger partial charge in [0.15, 0.2) is 0 Å². The highest BCUT2D eigenvalue weighted by atomic mass is 16.4. The van der Waals surface area contributed by atoms with E-state index >= 15 is 0 Å². The van der Waals surface area contributed by atoms with Gasteiger partial charge in [0.1, 0.15) is 0 Å². The molecule has 0 amide bonds. The molecule has 0 aromatic rings. The Morgan fingerprint density at radius 2 is 1.15 bits per heavy atom. The Morgan fingerprint density at radius 3 is 1.35 bits per heavy atom. The standard InChI is InChI=1S/C12H18O8/c1-2-3-6(7(11(17)18)4-9(13)14)8(12(19)20)5-10(15)16/h6-8H,2-5H2,1H3,(H,13,14)(H,15,16)(H,17,18)(H,19,20). The molecule has 8 heteroatoms. The largest absolute Gasteiger partial charge is 0.481 e. The van der Waals surface area contributed by atoms with E-state index in [4.69, 9.17) is 20.4 Å². The average Bonchev–Trinajstić information content (AvgIpc) is 2.29. The van der Waals surface area contributed by atoms with E-state index < -0.39 is 54.5 Å². The summed E-state index contributed by atoms with van der Waals surface area (Å²) in [6, 6.07) is 0. The predicted octanol–water partition coefficient (Wildman–Crippen LogP) is 0.754. The lowest BCUT2D eigenvalue weighted by Gasteiger charge is -2.27. The third kappa shape index (κ3) is 5.68. The van der Waals surface area contributed by atoms with E-state index in [2.05, 4.69) is 0 Å². The number of hydrogen-bond donors (Lipinski definition) is 4. The lowest BCUT2D eigenvalue weighted by atomic mass is 9.75. The summed E-state index contributed by atoms with van der Waals surface area (Å²) in [6.07, 6.45) is -0.904. The Morgan fingerprint density at radius 1 is 0.800 bits per heavy atom. The van der Waals surface area contributed by atoms with Crippen LogP contribution < -0.4 is 0 Å². The first-order valence-corrected chi connectivity index (χ1v) is 6.09. The van der Waals surface area contributed by atoms with Crippen molar-refractivity contribution in [3.63, 3.8) is 0 Å². The highest BCUT2D eigenvalue weighted by molar-refractivity contribution is 5.81. The summed E-state index contributed by atoms with van der Waals surface area (Å²) in [6.45, 7) is 1.69. The van der Waals surface area contributed by atoms with Crippen molar-refractivity contribution in [3.05, 3.63) is 0 Å². The third-order valence-corrected chi connectivity index (χ3v) is 3.08. The fourth-order valence-corrected chi connectivity index (χ4v) is 2.24. The van der Waals surface area contributed by atoms with E-state index in [9.17, 15) is 19.2 Å². The molecule has 20 heavy (non-hydrogen) atoms. The van der Waals surface area contributed by atoms with Crippen molar-refractivity contribution in [2.75, 3.05) is 0 Å². The minimum absolute atomic E-state index is 0.133. The topological polar surface area (TPSA) is 149 Å². The summed E-state index contributed by atoms with van der Waals surface area (Å²) in [7, 11) is 0. The molecule has 0 radical (unpaired) electrons. The van der Waals surface area contributed by atoms with Gasteiger partial charge in [-0.05, 0) is 12.3 Å². The van der Waals surface area contributed by atoms with E-state index in [0.29, 0.717) is 6.42 Å². The van der Waals surface area contributed by atoms with Crippen molar-refractivity contribution in [2.45, 2.75) is 32.6 Å². The maximum Gasteiger partial charge on any atom is 0.307 e. The second-order valence-corrected chi connectivity index (χ2v) is 4.54. The number of carboxylic acid groups (broad SMARTS) is 4. The van der Waals surface area contributed by atoms with Gasteiger partial charge in [-0.25, -0.2) is 0 Å². The fourth-order valence-electron chi connectivity index (χ4n) is 2.24. The molecule has 0 saturated carbocycles. The zero-order chi connectivity index (χ0) is 15.9. The van der Waals surface area contributed by atoms with E-state index in [0.717, 1.165) is 0 Å². The van der Waals surface area contributed by atoms with Crippen LogP contribution in [0.2, 0.25) is 0 Å². The van der Waals surface area contributed by atoms with E-state index in [-0.39, 0.29) is 6.42 Å². The summed E-state index contributed by atoms with van der Waals surface area (Å²) < 4.78 is 0. The van der Waals surface area contributed by atoms with Gasteiger partial charge in [-0.2, -0.15) is 0 Å². The Kier molecular flexibility index (Phi) is 7.27. The maximum atomic E-state index is 11.2.